The Morgan fingerprint density at radius 1 is 1.22 bits per heavy atom. The van der Waals surface area contributed by atoms with Gasteiger partial charge in [0.15, 0.2) is 11.4 Å². The van der Waals surface area contributed by atoms with Crippen molar-refractivity contribution in [3.8, 4) is 11.5 Å². The summed E-state index contributed by atoms with van der Waals surface area (Å²) >= 11 is 0. The first-order valence-electron chi connectivity index (χ1n) is 9.56. The van der Waals surface area contributed by atoms with E-state index in [4.69, 9.17) is 9.15 Å². The zero-order chi connectivity index (χ0) is 20.4. The molecule has 1 aliphatic heterocycles. The van der Waals surface area contributed by atoms with Crippen molar-refractivity contribution in [1.29, 1.82) is 0 Å². The molecule has 0 fully saturated rings. The Balaban J connectivity index is 0.00000126. The molecule has 0 spiro atoms. The Labute approximate surface area is 159 Å². The summed E-state index contributed by atoms with van der Waals surface area (Å²) in [6.45, 7) is 11.5. The van der Waals surface area contributed by atoms with Gasteiger partial charge in [0, 0.05) is 12.5 Å². The van der Waals surface area contributed by atoms with E-state index in [1.807, 2.05) is 40.7 Å². The van der Waals surface area contributed by atoms with Crippen molar-refractivity contribution in [2.45, 2.75) is 66.4 Å². The van der Waals surface area contributed by atoms with Crippen molar-refractivity contribution in [2.24, 2.45) is 0 Å². The molecule has 5 heteroatoms. The van der Waals surface area contributed by atoms with Crippen molar-refractivity contribution < 1.29 is 19.1 Å². The lowest BCUT2D eigenvalue weighted by Gasteiger charge is -2.30. The largest absolute Gasteiger partial charge is 0.506 e. The van der Waals surface area contributed by atoms with Gasteiger partial charge in [0.2, 0.25) is 0 Å². The third kappa shape index (κ3) is 3.77. The monoisotopic (exact) mass is 372 g/mol. The number of rotatable bonds is 4. The van der Waals surface area contributed by atoms with Crippen LogP contribution in [-0.2, 0) is 6.42 Å². The molecule has 0 bridgehead atoms. The van der Waals surface area contributed by atoms with Crippen LogP contribution in [0.5, 0.6) is 11.5 Å². The minimum Gasteiger partial charge on any atom is -0.506 e. The fourth-order valence-corrected chi connectivity index (χ4v) is 3.19. The van der Waals surface area contributed by atoms with Crippen molar-refractivity contribution in [3.63, 3.8) is 0 Å². The van der Waals surface area contributed by atoms with E-state index in [1.54, 1.807) is 13.0 Å². The second kappa shape index (κ2) is 7.99. The van der Waals surface area contributed by atoms with E-state index in [9.17, 15) is 14.7 Å². The molecule has 2 heterocycles. The third-order valence-electron chi connectivity index (χ3n) is 4.37. The maximum Gasteiger partial charge on any atom is 0.336 e. The highest BCUT2D eigenvalue weighted by Gasteiger charge is 2.31. The Kier molecular flexibility index (Phi) is 6.14. The maximum atomic E-state index is 12.5. The predicted octanol–water partition coefficient (Wildman–Crippen LogP) is 5.25. The molecule has 0 saturated heterocycles. The molecule has 0 amide bonds. The van der Waals surface area contributed by atoms with Crippen molar-refractivity contribution >= 4 is 22.8 Å². The fourth-order valence-electron chi connectivity index (χ4n) is 3.19. The average molecular weight is 372 g/mol. The molecule has 1 N–H and O–H groups in total. The van der Waals surface area contributed by atoms with Gasteiger partial charge in [-0.3, -0.25) is 4.79 Å². The zero-order valence-electron chi connectivity index (χ0n) is 16.9. The van der Waals surface area contributed by atoms with Gasteiger partial charge >= 0.3 is 5.63 Å². The van der Waals surface area contributed by atoms with Crippen LogP contribution in [0.4, 0.5) is 0 Å². The van der Waals surface area contributed by atoms with Gasteiger partial charge in [-0.25, -0.2) is 4.79 Å². The first-order valence-corrected chi connectivity index (χ1v) is 9.56. The van der Waals surface area contributed by atoms with E-state index < -0.39 is 11.2 Å². The summed E-state index contributed by atoms with van der Waals surface area (Å²) in [6, 6.07) is 1.44. The normalized spacial score (nSPS) is 14.1. The summed E-state index contributed by atoms with van der Waals surface area (Å²) in [5, 5.41) is 11.3. The highest BCUT2D eigenvalue weighted by Crippen LogP contribution is 2.46. The van der Waals surface area contributed by atoms with Gasteiger partial charge in [-0.15, -0.1) is 0 Å². The number of hydrogen-bond acceptors (Lipinski definition) is 5. The number of aryl methyl sites for hydroxylation is 1. The van der Waals surface area contributed by atoms with Gasteiger partial charge < -0.3 is 14.3 Å². The number of phenols is 1. The zero-order valence-corrected chi connectivity index (χ0v) is 16.9. The molecule has 1 aromatic carbocycles. The molecule has 0 atom stereocenters. The minimum absolute atomic E-state index is 0.0549. The van der Waals surface area contributed by atoms with Crippen molar-refractivity contribution in [1.82, 2.24) is 0 Å². The predicted molar refractivity (Wildman–Crippen MR) is 108 cm³/mol. The summed E-state index contributed by atoms with van der Waals surface area (Å²) in [5.41, 5.74) is 0.286. The molecule has 0 aliphatic carbocycles. The molecule has 0 saturated carbocycles. The topological polar surface area (TPSA) is 76.7 Å². The van der Waals surface area contributed by atoms with E-state index in [-0.39, 0.29) is 29.1 Å². The number of aromatic hydroxyl groups is 1. The van der Waals surface area contributed by atoms with E-state index in [1.165, 1.54) is 6.07 Å². The number of fused-ring (bicyclic) bond motifs is 3. The molecule has 146 valence electrons. The number of phenolic OH excluding ortho intramolecular Hbond substituents is 1. The summed E-state index contributed by atoms with van der Waals surface area (Å²) in [4.78, 5) is 24.5. The highest BCUT2D eigenvalue weighted by atomic mass is 16.5. The molecular formula is C22H28O5. The number of Topliss-reactive ketones (excluding diaryl/α,β-unsaturated/α-hetero) is 1. The number of carbonyl (C=O) groups excluding carboxylic acids is 1. The van der Waals surface area contributed by atoms with Crippen molar-refractivity contribution in [2.75, 3.05) is 0 Å². The Bertz CT molecular complexity index is 948. The lowest BCUT2D eigenvalue weighted by molar-refractivity contribution is 0.0986. The standard InChI is InChI=1S/C20H22O5.C2H6/c1-5-7-11-10-14(22)24-19-15(11)18-12(8-9-20(3,4)25-18)17(23)16(19)13(21)6-2;1-2/h8-10,23H,5-7H2,1-4H3;1-2H3. The Morgan fingerprint density at radius 3 is 2.48 bits per heavy atom. The van der Waals surface area contributed by atoms with Crippen LogP contribution in [0.2, 0.25) is 0 Å². The smallest absolute Gasteiger partial charge is 0.336 e. The minimum atomic E-state index is -0.567. The number of ketones is 1. The molecule has 3 rings (SSSR count). The van der Waals surface area contributed by atoms with Gasteiger partial charge in [-0.05, 0) is 38.0 Å². The summed E-state index contributed by atoms with van der Waals surface area (Å²) in [5.74, 6) is -0.0157. The lowest BCUT2D eigenvalue weighted by Crippen LogP contribution is -2.28. The van der Waals surface area contributed by atoms with Gasteiger partial charge in [0.1, 0.15) is 22.7 Å². The van der Waals surface area contributed by atoms with Gasteiger partial charge in [0.25, 0.3) is 0 Å². The van der Waals surface area contributed by atoms with E-state index in [0.29, 0.717) is 23.1 Å². The van der Waals surface area contributed by atoms with Crippen LogP contribution >= 0.6 is 0 Å². The highest BCUT2D eigenvalue weighted by molar-refractivity contribution is 6.12. The lowest BCUT2D eigenvalue weighted by atomic mass is 9.92. The SMILES string of the molecule is CC.CCCc1cc(=O)oc2c(C(=O)CC)c(O)c3c(c12)OC(C)(C)C=C3. The summed E-state index contributed by atoms with van der Waals surface area (Å²) in [6.07, 6.45) is 5.26. The van der Waals surface area contributed by atoms with E-state index in [2.05, 4.69) is 0 Å². The molecule has 2 aromatic rings. The number of carbonyl (C=O) groups is 1. The third-order valence-corrected chi connectivity index (χ3v) is 4.37. The quantitative estimate of drug-likeness (QED) is 0.585. The summed E-state index contributed by atoms with van der Waals surface area (Å²) < 4.78 is 11.5. The Hall–Kier alpha value is -2.56. The van der Waals surface area contributed by atoms with E-state index in [0.717, 1.165) is 12.0 Å². The van der Waals surface area contributed by atoms with Crippen molar-refractivity contribution in [3.05, 3.63) is 39.3 Å². The average Bonchev–Trinajstić information content (AvgIpc) is 2.62. The fraction of sp³-hybridized carbons (Fsp3) is 0.455. The maximum absolute atomic E-state index is 12.5. The number of benzene rings is 1. The second-order valence-electron chi connectivity index (χ2n) is 6.83. The number of hydrogen-bond donors (Lipinski definition) is 1. The molecular weight excluding hydrogens is 344 g/mol. The van der Waals surface area contributed by atoms with Crippen LogP contribution in [-0.4, -0.2) is 16.5 Å². The van der Waals surface area contributed by atoms with Gasteiger partial charge in [0.05, 0.1) is 10.9 Å². The molecule has 1 aromatic heterocycles. The Morgan fingerprint density at radius 2 is 1.89 bits per heavy atom. The molecule has 0 unspecified atom stereocenters. The van der Waals surface area contributed by atoms with E-state index >= 15 is 0 Å². The van der Waals surface area contributed by atoms with Crippen LogP contribution in [0.3, 0.4) is 0 Å². The van der Waals surface area contributed by atoms with Crippen LogP contribution in [0.1, 0.15) is 75.9 Å². The molecule has 27 heavy (non-hydrogen) atoms. The molecule has 5 nitrogen and oxygen atoms in total. The van der Waals surface area contributed by atoms with Crippen LogP contribution < -0.4 is 10.4 Å². The first-order chi connectivity index (χ1) is 12.8. The second-order valence-corrected chi connectivity index (χ2v) is 6.83. The summed E-state index contributed by atoms with van der Waals surface area (Å²) in [7, 11) is 0. The van der Waals surface area contributed by atoms with Crippen LogP contribution in [0.25, 0.3) is 17.0 Å². The number of ether oxygens (including phenoxy) is 1. The first kappa shape index (κ1) is 20.7. The van der Waals surface area contributed by atoms with Crippen LogP contribution in [0, 0.1) is 0 Å². The van der Waals surface area contributed by atoms with Crippen LogP contribution in [0.15, 0.2) is 21.4 Å². The molecule has 1 aliphatic rings. The molecule has 0 radical (unpaired) electrons. The van der Waals surface area contributed by atoms with Gasteiger partial charge in [-0.1, -0.05) is 34.1 Å². The van der Waals surface area contributed by atoms with Gasteiger partial charge in [-0.2, -0.15) is 0 Å².